The van der Waals surface area contributed by atoms with E-state index in [0.29, 0.717) is 18.2 Å². The summed E-state index contributed by atoms with van der Waals surface area (Å²) in [5.41, 5.74) is 0.734. The van der Waals surface area contributed by atoms with Crippen molar-refractivity contribution in [3.8, 4) is 11.5 Å². The maximum Gasteiger partial charge on any atom is 0.471 e. The van der Waals surface area contributed by atoms with Gasteiger partial charge in [-0.1, -0.05) is 0 Å². The number of pyridine rings is 1. The first-order valence-electron chi connectivity index (χ1n) is 8.71. The zero-order chi connectivity index (χ0) is 20.1. The van der Waals surface area contributed by atoms with E-state index in [4.69, 9.17) is 4.42 Å². The van der Waals surface area contributed by atoms with E-state index in [1.54, 1.807) is 24.5 Å². The fourth-order valence-electron chi connectivity index (χ4n) is 2.93. The fraction of sp³-hybridized carbons (Fsp3) is 0.471. The monoisotopic (exact) mass is 397 g/mol. The molecule has 2 aromatic heterocycles. The van der Waals surface area contributed by atoms with E-state index in [9.17, 15) is 22.8 Å². The number of nitrogens with one attached hydrogen (secondary N) is 1. The van der Waals surface area contributed by atoms with Gasteiger partial charge in [-0.15, -0.1) is 10.2 Å². The van der Waals surface area contributed by atoms with Crippen LogP contribution in [-0.2, 0) is 16.0 Å². The molecule has 150 valence electrons. The molecular weight excluding hydrogens is 379 g/mol. The molecule has 0 radical (unpaired) electrons. The molecule has 1 aliphatic rings. The lowest BCUT2D eigenvalue weighted by atomic mass is 9.96. The highest BCUT2D eigenvalue weighted by Crippen LogP contribution is 2.24. The maximum absolute atomic E-state index is 12.4. The molecule has 3 heterocycles. The largest absolute Gasteiger partial charge is 0.471 e. The van der Waals surface area contributed by atoms with Crippen LogP contribution >= 0.6 is 0 Å². The van der Waals surface area contributed by atoms with Gasteiger partial charge in [0.15, 0.2) is 0 Å². The molecule has 0 aliphatic carbocycles. The lowest BCUT2D eigenvalue weighted by Gasteiger charge is -2.31. The third kappa shape index (κ3) is 4.84. The number of hydrogen-bond acceptors (Lipinski definition) is 6. The van der Waals surface area contributed by atoms with E-state index in [1.165, 1.54) is 0 Å². The number of rotatable bonds is 5. The Labute approximate surface area is 158 Å². The highest BCUT2D eigenvalue weighted by Gasteiger charge is 2.43. The highest BCUT2D eigenvalue weighted by atomic mass is 19.4. The standard InChI is InChI=1S/C17H18F3N5O3/c18-17(19,20)16(27)25-9-4-11(5-10-25)14(26)22-8-3-13-23-24-15(28-13)12-1-6-21-7-2-12/h1-2,6-7,11H,3-5,8-10H2,(H,22,26). The van der Waals surface area contributed by atoms with Gasteiger partial charge in [0.2, 0.25) is 17.7 Å². The molecule has 0 aromatic carbocycles. The number of halogens is 3. The normalized spacial score (nSPS) is 15.5. The zero-order valence-corrected chi connectivity index (χ0v) is 14.8. The second kappa shape index (κ2) is 8.36. The number of aromatic nitrogens is 3. The number of carbonyl (C=O) groups is 2. The van der Waals surface area contributed by atoms with Crippen molar-refractivity contribution in [3.63, 3.8) is 0 Å². The van der Waals surface area contributed by atoms with Gasteiger partial charge in [0.05, 0.1) is 0 Å². The summed E-state index contributed by atoms with van der Waals surface area (Å²) in [6.07, 6.45) is -0.954. The predicted octanol–water partition coefficient (Wildman–Crippen LogP) is 1.59. The van der Waals surface area contributed by atoms with E-state index >= 15 is 0 Å². The molecule has 0 saturated carbocycles. The molecule has 1 aliphatic heterocycles. The third-order valence-corrected chi connectivity index (χ3v) is 4.43. The number of carbonyl (C=O) groups excluding carboxylic acids is 2. The van der Waals surface area contributed by atoms with Gasteiger partial charge < -0.3 is 14.6 Å². The highest BCUT2D eigenvalue weighted by molar-refractivity contribution is 5.83. The van der Waals surface area contributed by atoms with Crippen molar-refractivity contribution in [3.05, 3.63) is 30.4 Å². The summed E-state index contributed by atoms with van der Waals surface area (Å²) >= 11 is 0. The van der Waals surface area contributed by atoms with Gasteiger partial charge in [-0.25, -0.2) is 0 Å². The van der Waals surface area contributed by atoms with Crippen molar-refractivity contribution < 1.29 is 27.2 Å². The Balaban J connectivity index is 1.42. The SMILES string of the molecule is O=C(NCCc1nnc(-c2ccncc2)o1)C1CCN(C(=O)C(F)(F)F)CC1. The Bertz CT molecular complexity index is 817. The molecule has 11 heteroatoms. The molecule has 2 aromatic rings. The lowest BCUT2D eigenvalue weighted by molar-refractivity contribution is -0.186. The molecule has 2 amide bonds. The van der Waals surface area contributed by atoms with Gasteiger partial charge >= 0.3 is 12.1 Å². The molecule has 0 spiro atoms. The Morgan fingerprint density at radius 2 is 1.86 bits per heavy atom. The van der Waals surface area contributed by atoms with E-state index in [1.807, 2.05) is 0 Å². The summed E-state index contributed by atoms with van der Waals surface area (Å²) < 4.78 is 42.8. The topological polar surface area (TPSA) is 101 Å². The number of alkyl halides is 3. The number of amides is 2. The van der Waals surface area contributed by atoms with E-state index < -0.39 is 18.0 Å². The van der Waals surface area contributed by atoms with Crippen LogP contribution in [0.25, 0.3) is 11.5 Å². The van der Waals surface area contributed by atoms with Crippen molar-refractivity contribution in [1.29, 1.82) is 0 Å². The smallest absolute Gasteiger partial charge is 0.421 e. The minimum atomic E-state index is -4.88. The molecule has 0 atom stereocenters. The second-order valence-corrected chi connectivity index (χ2v) is 6.34. The van der Waals surface area contributed by atoms with Crippen LogP contribution in [-0.4, -0.2) is 57.7 Å². The maximum atomic E-state index is 12.4. The zero-order valence-electron chi connectivity index (χ0n) is 14.8. The lowest BCUT2D eigenvalue weighted by Crippen LogP contribution is -2.47. The van der Waals surface area contributed by atoms with Crippen molar-refractivity contribution in [1.82, 2.24) is 25.4 Å². The van der Waals surface area contributed by atoms with Crippen molar-refractivity contribution in [2.24, 2.45) is 5.92 Å². The molecule has 8 nitrogen and oxygen atoms in total. The molecule has 0 bridgehead atoms. The molecule has 1 fully saturated rings. The van der Waals surface area contributed by atoms with Gasteiger partial charge in [0.25, 0.3) is 0 Å². The fourth-order valence-corrected chi connectivity index (χ4v) is 2.93. The van der Waals surface area contributed by atoms with E-state index in [0.717, 1.165) is 10.5 Å². The molecule has 1 saturated heterocycles. The summed E-state index contributed by atoms with van der Waals surface area (Å²) in [4.78, 5) is 28.0. The van der Waals surface area contributed by atoms with Crippen LogP contribution in [0, 0.1) is 5.92 Å². The Morgan fingerprint density at radius 1 is 1.18 bits per heavy atom. The number of hydrogen-bond donors (Lipinski definition) is 1. The predicted molar refractivity (Wildman–Crippen MR) is 89.6 cm³/mol. The summed E-state index contributed by atoms with van der Waals surface area (Å²) in [5, 5.41) is 10.6. The molecular formula is C17H18F3N5O3. The second-order valence-electron chi connectivity index (χ2n) is 6.34. The molecule has 3 rings (SSSR count). The van der Waals surface area contributed by atoms with E-state index in [-0.39, 0.29) is 38.4 Å². The molecule has 1 N–H and O–H groups in total. The van der Waals surface area contributed by atoms with E-state index in [2.05, 4.69) is 20.5 Å². The molecule has 28 heavy (non-hydrogen) atoms. The summed E-state index contributed by atoms with van der Waals surface area (Å²) in [7, 11) is 0. The summed E-state index contributed by atoms with van der Waals surface area (Å²) in [6, 6.07) is 3.46. The minimum absolute atomic E-state index is 0.0879. The number of piperidine rings is 1. The van der Waals surface area contributed by atoms with Crippen LogP contribution in [0.15, 0.2) is 28.9 Å². The molecule has 0 unspecified atom stereocenters. The average molecular weight is 397 g/mol. The minimum Gasteiger partial charge on any atom is -0.421 e. The van der Waals surface area contributed by atoms with Gasteiger partial charge in [0.1, 0.15) is 0 Å². The van der Waals surface area contributed by atoms with Crippen LogP contribution in [0.5, 0.6) is 0 Å². The third-order valence-electron chi connectivity index (χ3n) is 4.43. The first kappa shape index (κ1) is 19.8. The van der Waals surface area contributed by atoms with Crippen LogP contribution in [0.3, 0.4) is 0 Å². The van der Waals surface area contributed by atoms with Gasteiger partial charge in [-0.05, 0) is 25.0 Å². The van der Waals surface area contributed by atoms with Gasteiger partial charge in [-0.3, -0.25) is 14.6 Å². The Hall–Kier alpha value is -2.98. The quantitative estimate of drug-likeness (QED) is 0.822. The summed E-state index contributed by atoms with van der Waals surface area (Å²) in [6.45, 7) is 0.0866. The van der Waals surface area contributed by atoms with Gasteiger partial charge in [0, 0.05) is 49.9 Å². The van der Waals surface area contributed by atoms with Crippen molar-refractivity contribution in [2.75, 3.05) is 19.6 Å². The Kier molecular flexibility index (Phi) is 5.90. The number of likely N-dealkylation sites (tertiary alicyclic amines) is 1. The Morgan fingerprint density at radius 3 is 2.50 bits per heavy atom. The average Bonchev–Trinajstić information content (AvgIpc) is 3.16. The van der Waals surface area contributed by atoms with Crippen LogP contribution < -0.4 is 5.32 Å². The first-order chi connectivity index (χ1) is 13.3. The van der Waals surface area contributed by atoms with Crippen LogP contribution in [0.1, 0.15) is 18.7 Å². The van der Waals surface area contributed by atoms with Crippen molar-refractivity contribution >= 4 is 11.8 Å². The van der Waals surface area contributed by atoms with Crippen LogP contribution in [0.4, 0.5) is 13.2 Å². The number of nitrogens with zero attached hydrogens (tertiary/aromatic N) is 4. The van der Waals surface area contributed by atoms with Gasteiger partial charge in [-0.2, -0.15) is 13.2 Å². The van der Waals surface area contributed by atoms with Crippen LogP contribution in [0.2, 0.25) is 0 Å². The summed E-state index contributed by atoms with van der Waals surface area (Å²) in [5.74, 6) is -1.82. The van der Waals surface area contributed by atoms with Crippen molar-refractivity contribution in [2.45, 2.75) is 25.4 Å². The first-order valence-corrected chi connectivity index (χ1v) is 8.71.